The number of halogens is 2. The van der Waals surface area contributed by atoms with Gasteiger partial charge in [-0.2, -0.15) is 4.31 Å². The van der Waals surface area contributed by atoms with Gasteiger partial charge in [0.25, 0.3) is 5.91 Å². The fraction of sp³-hybridized carbons (Fsp3) is 0.263. The van der Waals surface area contributed by atoms with E-state index in [0.717, 1.165) is 9.87 Å². The molecular weight excluding hydrogens is 437 g/mol. The highest BCUT2D eigenvalue weighted by atomic mass is 35.5. The van der Waals surface area contributed by atoms with Gasteiger partial charge >= 0.3 is 0 Å². The number of hydrogen-bond acceptors (Lipinski definition) is 4. The molecule has 1 saturated heterocycles. The Bertz CT molecular complexity index is 1040. The zero-order chi connectivity index (χ0) is 21.0. The SMILES string of the molecule is O=C1CN(S(=O)(=O)c2cccc(C(=O)NCCc3ccc(Cl)cc3Cl)c2)CCN1. The molecule has 2 N–H and O–H groups in total. The highest BCUT2D eigenvalue weighted by Crippen LogP contribution is 2.21. The van der Waals surface area contributed by atoms with Gasteiger partial charge in [0.1, 0.15) is 0 Å². The minimum atomic E-state index is -3.86. The minimum Gasteiger partial charge on any atom is -0.354 e. The molecule has 0 bridgehead atoms. The maximum atomic E-state index is 12.8. The molecule has 7 nitrogen and oxygen atoms in total. The number of nitrogens with zero attached hydrogens (tertiary/aromatic N) is 1. The van der Waals surface area contributed by atoms with Crippen LogP contribution in [0, 0.1) is 0 Å². The van der Waals surface area contributed by atoms with Crippen LogP contribution in [0.5, 0.6) is 0 Å². The van der Waals surface area contributed by atoms with E-state index in [0.29, 0.717) is 23.0 Å². The van der Waals surface area contributed by atoms with Crippen molar-refractivity contribution in [3.05, 3.63) is 63.6 Å². The molecule has 154 valence electrons. The highest BCUT2D eigenvalue weighted by Gasteiger charge is 2.29. The summed E-state index contributed by atoms with van der Waals surface area (Å²) in [6.45, 7) is 0.530. The second kappa shape index (κ2) is 9.13. The fourth-order valence-corrected chi connectivity index (χ4v) is 4.85. The number of piperazine rings is 1. The first kappa shape index (κ1) is 21.6. The monoisotopic (exact) mass is 455 g/mol. The molecule has 29 heavy (non-hydrogen) atoms. The molecule has 0 atom stereocenters. The molecule has 1 fully saturated rings. The van der Waals surface area contributed by atoms with Crippen LogP contribution in [0.1, 0.15) is 15.9 Å². The van der Waals surface area contributed by atoms with Crippen LogP contribution < -0.4 is 10.6 Å². The van der Waals surface area contributed by atoms with Crippen molar-refractivity contribution in [1.82, 2.24) is 14.9 Å². The second-order valence-electron chi connectivity index (χ2n) is 6.46. The lowest BCUT2D eigenvalue weighted by Crippen LogP contribution is -2.49. The summed E-state index contributed by atoms with van der Waals surface area (Å²) in [5.41, 5.74) is 1.06. The van der Waals surface area contributed by atoms with Crippen LogP contribution in [-0.2, 0) is 21.2 Å². The normalized spacial score (nSPS) is 15.0. The van der Waals surface area contributed by atoms with Gasteiger partial charge in [0.2, 0.25) is 15.9 Å². The molecule has 0 spiro atoms. The first-order valence-electron chi connectivity index (χ1n) is 8.86. The van der Waals surface area contributed by atoms with Crippen molar-refractivity contribution in [1.29, 1.82) is 0 Å². The molecule has 0 radical (unpaired) electrons. The predicted molar refractivity (Wildman–Crippen MR) is 111 cm³/mol. The summed E-state index contributed by atoms with van der Waals surface area (Å²) in [7, 11) is -3.86. The van der Waals surface area contributed by atoms with E-state index in [1.807, 2.05) is 0 Å². The summed E-state index contributed by atoms with van der Waals surface area (Å²) in [5, 5.41) is 6.39. The molecule has 0 aliphatic carbocycles. The molecule has 3 rings (SSSR count). The smallest absolute Gasteiger partial charge is 0.251 e. The molecule has 0 saturated carbocycles. The molecule has 0 unspecified atom stereocenters. The van der Waals surface area contributed by atoms with Crippen LogP contribution in [0.4, 0.5) is 0 Å². The fourth-order valence-electron chi connectivity index (χ4n) is 2.90. The lowest BCUT2D eigenvalue weighted by molar-refractivity contribution is -0.122. The van der Waals surface area contributed by atoms with Crippen molar-refractivity contribution in [2.75, 3.05) is 26.2 Å². The van der Waals surface area contributed by atoms with E-state index in [1.165, 1.54) is 24.3 Å². The van der Waals surface area contributed by atoms with Gasteiger partial charge in [-0.15, -0.1) is 0 Å². The topological polar surface area (TPSA) is 95.6 Å². The van der Waals surface area contributed by atoms with Gasteiger partial charge in [-0.05, 0) is 42.3 Å². The van der Waals surface area contributed by atoms with Crippen molar-refractivity contribution in [3.63, 3.8) is 0 Å². The van der Waals surface area contributed by atoms with E-state index in [-0.39, 0.29) is 36.0 Å². The maximum Gasteiger partial charge on any atom is 0.251 e. The van der Waals surface area contributed by atoms with Crippen LogP contribution >= 0.6 is 23.2 Å². The van der Waals surface area contributed by atoms with E-state index in [2.05, 4.69) is 10.6 Å². The Labute approximate surface area is 179 Å². The number of hydrogen-bond donors (Lipinski definition) is 2. The summed E-state index contributed by atoms with van der Waals surface area (Å²) in [6, 6.07) is 10.9. The molecule has 1 aliphatic heterocycles. The lowest BCUT2D eigenvalue weighted by Gasteiger charge is -2.26. The van der Waals surface area contributed by atoms with Gasteiger partial charge in [-0.1, -0.05) is 35.3 Å². The van der Waals surface area contributed by atoms with Gasteiger partial charge in [-0.25, -0.2) is 8.42 Å². The average molecular weight is 456 g/mol. The Morgan fingerprint density at radius 1 is 1.17 bits per heavy atom. The molecule has 1 aliphatic rings. The van der Waals surface area contributed by atoms with Crippen molar-refractivity contribution >= 4 is 45.0 Å². The summed E-state index contributed by atoms with van der Waals surface area (Å²) in [5.74, 6) is -0.752. The molecule has 2 aromatic rings. The summed E-state index contributed by atoms with van der Waals surface area (Å²) < 4.78 is 26.6. The van der Waals surface area contributed by atoms with Crippen molar-refractivity contribution in [2.45, 2.75) is 11.3 Å². The molecule has 0 aromatic heterocycles. The van der Waals surface area contributed by atoms with Gasteiger partial charge in [-0.3, -0.25) is 9.59 Å². The van der Waals surface area contributed by atoms with Crippen LogP contribution in [0.15, 0.2) is 47.4 Å². The molecule has 10 heteroatoms. The highest BCUT2D eigenvalue weighted by molar-refractivity contribution is 7.89. The molecule has 1 heterocycles. The number of amides is 2. The number of rotatable bonds is 6. The summed E-state index contributed by atoms with van der Waals surface area (Å²) in [4.78, 5) is 23.9. The summed E-state index contributed by atoms with van der Waals surface area (Å²) in [6.07, 6.45) is 0.503. The van der Waals surface area contributed by atoms with E-state index < -0.39 is 15.9 Å². The Hall–Kier alpha value is -2.13. The number of benzene rings is 2. The number of carbonyl (C=O) groups excluding carboxylic acids is 2. The lowest BCUT2D eigenvalue weighted by atomic mass is 10.1. The Morgan fingerprint density at radius 2 is 1.97 bits per heavy atom. The number of carbonyl (C=O) groups is 2. The first-order chi connectivity index (χ1) is 13.8. The minimum absolute atomic E-state index is 0.0272. The van der Waals surface area contributed by atoms with E-state index in [9.17, 15) is 18.0 Å². The zero-order valence-electron chi connectivity index (χ0n) is 15.3. The van der Waals surface area contributed by atoms with Crippen LogP contribution in [-0.4, -0.2) is 50.7 Å². The van der Waals surface area contributed by atoms with Gasteiger partial charge < -0.3 is 10.6 Å². The van der Waals surface area contributed by atoms with Gasteiger partial charge in [0, 0.05) is 35.2 Å². The van der Waals surface area contributed by atoms with Crippen LogP contribution in [0.3, 0.4) is 0 Å². The van der Waals surface area contributed by atoms with Gasteiger partial charge in [0.15, 0.2) is 0 Å². The first-order valence-corrected chi connectivity index (χ1v) is 11.1. The van der Waals surface area contributed by atoms with Crippen LogP contribution in [0.25, 0.3) is 0 Å². The second-order valence-corrected chi connectivity index (χ2v) is 9.24. The third kappa shape index (κ3) is 5.27. The third-order valence-electron chi connectivity index (χ3n) is 4.43. The van der Waals surface area contributed by atoms with E-state index in [1.54, 1.807) is 18.2 Å². The number of sulfonamides is 1. The quantitative estimate of drug-likeness (QED) is 0.696. The van der Waals surface area contributed by atoms with E-state index in [4.69, 9.17) is 23.2 Å². The van der Waals surface area contributed by atoms with Crippen molar-refractivity contribution in [3.8, 4) is 0 Å². The summed E-state index contributed by atoms with van der Waals surface area (Å²) >= 11 is 12.0. The standard InChI is InChI=1S/C19H19Cl2N3O4S/c20-15-5-4-13(17(21)11-15)6-7-23-19(26)14-2-1-3-16(10-14)29(27,28)24-9-8-22-18(25)12-24/h1-5,10-11H,6-9,12H2,(H,22,25)(H,23,26). The average Bonchev–Trinajstić information content (AvgIpc) is 2.69. The van der Waals surface area contributed by atoms with Crippen molar-refractivity contribution in [2.24, 2.45) is 0 Å². The Balaban J connectivity index is 1.66. The van der Waals surface area contributed by atoms with Crippen LogP contribution in [0.2, 0.25) is 10.0 Å². The van der Waals surface area contributed by atoms with Crippen molar-refractivity contribution < 1.29 is 18.0 Å². The largest absolute Gasteiger partial charge is 0.354 e. The Morgan fingerprint density at radius 3 is 2.69 bits per heavy atom. The Kier molecular flexibility index (Phi) is 6.79. The maximum absolute atomic E-state index is 12.8. The molecular formula is C19H19Cl2N3O4S. The number of nitrogens with one attached hydrogen (secondary N) is 2. The zero-order valence-corrected chi connectivity index (χ0v) is 17.6. The molecule has 2 amide bonds. The third-order valence-corrected chi connectivity index (χ3v) is 6.86. The predicted octanol–water partition coefficient (Wildman–Crippen LogP) is 2.09. The van der Waals surface area contributed by atoms with Gasteiger partial charge in [0.05, 0.1) is 11.4 Å². The van der Waals surface area contributed by atoms with E-state index >= 15 is 0 Å². The molecule has 2 aromatic carbocycles.